The van der Waals surface area contributed by atoms with Crippen LogP contribution in [0, 0.1) is 28.6 Å². The second kappa shape index (κ2) is 4.44. The zero-order chi connectivity index (χ0) is 14.8. The summed E-state index contributed by atoms with van der Waals surface area (Å²) < 4.78 is 0. The first-order chi connectivity index (χ1) is 9.95. The average molecular weight is 288 g/mol. The highest BCUT2D eigenvalue weighted by molar-refractivity contribution is 5.87. The Kier molecular flexibility index (Phi) is 2.96. The largest absolute Gasteiger partial charge is 0.389 e. The van der Waals surface area contributed by atoms with Gasteiger partial charge in [-0.3, -0.25) is 4.79 Å². The fraction of sp³-hybridized carbons (Fsp3) is 0.842. The van der Waals surface area contributed by atoms with E-state index in [2.05, 4.69) is 19.9 Å². The average Bonchev–Trinajstić information content (AvgIpc) is 2.76. The van der Waals surface area contributed by atoms with E-state index < -0.39 is 0 Å². The number of hydrogen-bond donors (Lipinski definition) is 1. The molecule has 0 aromatic carbocycles. The summed E-state index contributed by atoms with van der Waals surface area (Å²) in [5.74, 6) is 2.66. The minimum Gasteiger partial charge on any atom is -0.389 e. The van der Waals surface area contributed by atoms with Crippen LogP contribution < -0.4 is 0 Å². The monoisotopic (exact) mass is 288 g/mol. The molecule has 0 amide bonds. The fourth-order valence-electron chi connectivity index (χ4n) is 6.48. The molecule has 3 saturated carbocycles. The van der Waals surface area contributed by atoms with Crippen molar-refractivity contribution in [3.63, 3.8) is 0 Å². The minimum absolute atomic E-state index is 0.00702. The zero-order valence-corrected chi connectivity index (χ0v) is 13.4. The third kappa shape index (κ3) is 1.78. The second-order valence-corrected chi connectivity index (χ2v) is 8.55. The van der Waals surface area contributed by atoms with Gasteiger partial charge < -0.3 is 5.11 Å². The van der Waals surface area contributed by atoms with Crippen LogP contribution in [0.2, 0.25) is 0 Å². The maximum atomic E-state index is 12.4. The van der Waals surface area contributed by atoms with E-state index in [1.54, 1.807) is 0 Å². The zero-order valence-electron chi connectivity index (χ0n) is 13.4. The quantitative estimate of drug-likeness (QED) is 0.687. The van der Waals surface area contributed by atoms with Gasteiger partial charge in [-0.1, -0.05) is 25.5 Å². The van der Waals surface area contributed by atoms with Crippen LogP contribution in [0.1, 0.15) is 65.2 Å². The van der Waals surface area contributed by atoms with Gasteiger partial charge in [-0.05, 0) is 68.1 Å². The lowest BCUT2D eigenvalue weighted by atomic mass is 9.47. The first kappa shape index (κ1) is 14.0. The topological polar surface area (TPSA) is 37.3 Å². The molecule has 0 aromatic rings. The lowest BCUT2D eigenvalue weighted by Gasteiger charge is -2.57. The molecule has 116 valence electrons. The lowest BCUT2D eigenvalue weighted by molar-refractivity contribution is -0.132. The summed E-state index contributed by atoms with van der Waals surface area (Å²) in [5.41, 5.74) is 1.82. The van der Waals surface area contributed by atoms with Crippen molar-refractivity contribution in [2.45, 2.75) is 71.3 Å². The minimum atomic E-state index is -0.216. The summed E-state index contributed by atoms with van der Waals surface area (Å²) in [6.45, 7) is 4.70. The molecule has 4 rings (SSSR count). The molecule has 6 atom stereocenters. The molecule has 4 aliphatic rings. The first-order valence-electron chi connectivity index (χ1n) is 8.88. The van der Waals surface area contributed by atoms with Gasteiger partial charge in [-0.25, -0.2) is 0 Å². The molecule has 21 heavy (non-hydrogen) atoms. The third-order valence-electron chi connectivity index (χ3n) is 7.80. The van der Waals surface area contributed by atoms with E-state index in [0.29, 0.717) is 17.1 Å². The Morgan fingerprint density at radius 1 is 1.00 bits per heavy atom. The van der Waals surface area contributed by atoms with Gasteiger partial charge >= 0.3 is 0 Å². The molecule has 4 aliphatic carbocycles. The molecule has 3 fully saturated rings. The van der Waals surface area contributed by atoms with E-state index in [4.69, 9.17) is 0 Å². The van der Waals surface area contributed by atoms with Crippen LogP contribution in [0.5, 0.6) is 0 Å². The van der Waals surface area contributed by atoms with Crippen molar-refractivity contribution in [1.82, 2.24) is 0 Å². The van der Waals surface area contributed by atoms with Crippen molar-refractivity contribution < 1.29 is 9.90 Å². The first-order valence-corrected chi connectivity index (χ1v) is 8.88. The molecule has 0 heterocycles. The Morgan fingerprint density at radius 2 is 1.71 bits per heavy atom. The molecule has 2 heteroatoms. The summed E-state index contributed by atoms with van der Waals surface area (Å²) in [6.07, 6.45) is 10.7. The standard InChI is InChI=1S/C19H28O2/c1-18-9-7-13(20)11-12(18)3-4-14-15-5-6-17(21)19(15,2)10-8-16(14)18/h11,13-16,20H,3-10H2,1-2H3/t13-,14+,15+,16-,18+,19-/m0/s1. The predicted octanol–water partition coefficient (Wildman–Crippen LogP) is 3.88. The maximum absolute atomic E-state index is 12.4. The predicted molar refractivity (Wildman–Crippen MR) is 82.7 cm³/mol. The Labute approximate surface area is 128 Å². The highest BCUT2D eigenvalue weighted by Crippen LogP contribution is 2.64. The maximum Gasteiger partial charge on any atom is 0.139 e. The van der Waals surface area contributed by atoms with E-state index >= 15 is 0 Å². The van der Waals surface area contributed by atoms with Crippen molar-refractivity contribution in [2.75, 3.05) is 0 Å². The van der Waals surface area contributed by atoms with Crippen molar-refractivity contribution in [3.8, 4) is 0 Å². The summed E-state index contributed by atoms with van der Waals surface area (Å²) in [5, 5.41) is 9.96. The van der Waals surface area contributed by atoms with Gasteiger partial charge in [0.2, 0.25) is 0 Å². The summed E-state index contributed by atoms with van der Waals surface area (Å²) in [4.78, 5) is 12.4. The van der Waals surface area contributed by atoms with Crippen molar-refractivity contribution in [1.29, 1.82) is 0 Å². The number of aliphatic hydroxyl groups excluding tert-OH is 1. The van der Waals surface area contributed by atoms with Crippen LogP contribution in [0.25, 0.3) is 0 Å². The summed E-state index contributed by atoms with van der Waals surface area (Å²) in [7, 11) is 0. The van der Waals surface area contributed by atoms with Gasteiger partial charge in [-0.2, -0.15) is 0 Å². The molecule has 1 N–H and O–H groups in total. The van der Waals surface area contributed by atoms with Crippen molar-refractivity contribution >= 4 is 5.78 Å². The van der Waals surface area contributed by atoms with E-state index in [-0.39, 0.29) is 11.5 Å². The lowest BCUT2D eigenvalue weighted by Crippen LogP contribution is -2.50. The molecular formula is C19H28O2. The number of allylic oxidation sites excluding steroid dienone is 1. The van der Waals surface area contributed by atoms with Crippen LogP contribution in [0.4, 0.5) is 0 Å². The van der Waals surface area contributed by atoms with E-state index in [9.17, 15) is 9.90 Å². The number of hydrogen-bond acceptors (Lipinski definition) is 2. The number of aliphatic hydroxyl groups is 1. The fourth-order valence-corrected chi connectivity index (χ4v) is 6.48. The number of ketones is 1. The van der Waals surface area contributed by atoms with Gasteiger partial charge in [0.25, 0.3) is 0 Å². The molecule has 0 spiro atoms. The van der Waals surface area contributed by atoms with E-state index in [1.165, 1.54) is 18.4 Å². The molecule has 2 nitrogen and oxygen atoms in total. The van der Waals surface area contributed by atoms with Crippen LogP contribution in [0.15, 0.2) is 11.6 Å². The highest BCUT2D eigenvalue weighted by atomic mass is 16.3. The van der Waals surface area contributed by atoms with Crippen LogP contribution in [0.3, 0.4) is 0 Å². The van der Waals surface area contributed by atoms with Gasteiger partial charge in [0.1, 0.15) is 5.78 Å². The smallest absolute Gasteiger partial charge is 0.139 e. The van der Waals surface area contributed by atoms with E-state index in [0.717, 1.165) is 50.4 Å². The van der Waals surface area contributed by atoms with Gasteiger partial charge in [-0.15, -0.1) is 0 Å². The SMILES string of the molecule is C[C@]12CC[C@H]3[C@H](CCC4=C[C@@H](O)CC[C@]43C)[C@H]1CCC2=O. The Hall–Kier alpha value is -0.630. The number of rotatable bonds is 0. The van der Waals surface area contributed by atoms with E-state index in [1.807, 2.05) is 0 Å². The van der Waals surface area contributed by atoms with Crippen molar-refractivity contribution in [2.24, 2.45) is 28.6 Å². The Bertz CT molecular complexity index is 508. The van der Waals surface area contributed by atoms with Crippen LogP contribution in [-0.4, -0.2) is 17.0 Å². The number of Topliss-reactive ketones (excluding diaryl/α,β-unsaturated/α-hetero) is 1. The molecule has 0 aliphatic heterocycles. The summed E-state index contributed by atoms with van der Waals surface area (Å²) in [6, 6.07) is 0. The number of carbonyl (C=O) groups is 1. The second-order valence-electron chi connectivity index (χ2n) is 8.55. The molecule has 0 radical (unpaired) electrons. The Morgan fingerprint density at radius 3 is 2.52 bits per heavy atom. The molecule has 0 unspecified atom stereocenters. The highest BCUT2D eigenvalue weighted by Gasteiger charge is 2.58. The van der Waals surface area contributed by atoms with Gasteiger partial charge in [0, 0.05) is 11.8 Å². The Balaban J connectivity index is 1.69. The summed E-state index contributed by atoms with van der Waals surface area (Å²) >= 11 is 0. The molecule has 0 aromatic heterocycles. The molecular weight excluding hydrogens is 260 g/mol. The molecule has 0 bridgehead atoms. The van der Waals surface area contributed by atoms with Gasteiger partial charge in [0.05, 0.1) is 6.10 Å². The van der Waals surface area contributed by atoms with Gasteiger partial charge in [0.15, 0.2) is 0 Å². The van der Waals surface area contributed by atoms with Crippen LogP contribution >= 0.6 is 0 Å². The number of fused-ring (bicyclic) bond motifs is 5. The van der Waals surface area contributed by atoms with Crippen LogP contribution in [-0.2, 0) is 4.79 Å². The number of carbonyl (C=O) groups excluding carboxylic acids is 1. The third-order valence-corrected chi connectivity index (χ3v) is 7.80. The molecule has 0 saturated heterocycles. The van der Waals surface area contributed by atoms with Crippen molar-refractivity contribution in [3.05, 3.63) is 11.6 Å². The normalized spacial score (nSPS) is 52.7.